The van der Waals surface area contributed by atoms with Crippen molar-refractivity contribution >= 4 is 27.5 Å². The first-order valence-corrected chi connectivity index (χ1v) is 7.49. The minimum Gasteiger partial charge on any atom is -0.287 e. The lowest BCUT2D eigenvalue weighted by molar-refractivity contribution is 0.103. The molecule has 0 bridgehead atoms. The molecule has 0 atom stereocenters. The van der Waals surface area contributed by atoms with Crippen molar-refractivity contribution in [1.82, 2.24) is 9.97 Å². The van der Waals surface area contributed by atoms with Gasteiger partial charge in [0.05, 0.1) is 5.52 Å². The Hall–Kier alpha value is -3.07. The third-order valence-electron chi connectivity index (χ3n) is 3.94. The van der Waals surface area contributed by atoms with E-state index in [0.717, 1.165) is 21.7 Å². The van der Waals surface area contributed by atoms with E-state index in [1.165, 1.54) is 0 Å². The van der Waals surface area contributed by atoms with Crippen LogP contribution in [0.3, 0.4) is 0 Å². The smallest absolute Gasteiger partial charge is 0.212 e. The summed E-state index contributed by atoms with van der Waals surface area (Å²) in [5.74, 6) is 0.533. The summed E-state index contributed by atoms with van der Waals surface area (Å²) in [5, 5.41) is 2.96. The van der Waals surface area contributed by atoms with Crippen LogP contribution in [-0.2, 0) is 0 Å². The minimum absolute atomic E-state index is 0.0718. The van der Waals surface area contributed by atoms with Gasteiger partial charge in [-0.05, 0) is 29.8 Å². The fourth-order valence-electron chi connectivity index (χ4n) is 2.83. The quantitative estimate of drug-likeness (QED) is 0.517. The monoisotopic (exact) mass is 298 g/mol. The van der Waals surface area contributed by atoms with Gasteiger partial charge in [-0.15, -0.1) is 0 Å². The Morgan fingerprint density at radius 3 is 2.43 bits per heavy atom. The fourth-order valence-corrected chi connectivity index (χ4v) is 2.83. The average Bonchev–Trinajstić information content (AvgIpc) is 2.60. The van der Waals surface area contributed by atoms with Gasteiger partial charge in [-0.3, -0.25) is 4.79 Å². The number of ketones is 1. The van der Waals surface area contributed by atoms with E-state index in [0.29, 0.717) is 17.1 Å². The van der Waals surface area contributed by atoms with Crippen molar-refractivity contribution < 1.29 is 4.79 Å². The lowest BCUT2D eigenvalue weighted by Gasteiger charge is -2.07. The zero-order chi connectivity index (χ0) is 15.8. The predicted molar refractivity (Wildman–Crippen MR) is 91.7 cm³/mol. The number of fused-ring (bicyclic) bond motifs is 2. The molecule has 0 aliphatic rings. The maximum absolute atomic E-state index is 13.0. The third-order valence-corrected chi connectivity index (χ3v) is 3.94. The van der Waals surface area contributed by atoms with E-state index in [9.17, 15) is 4.79 Å². The van der Waals surface area contributed by atoms with E-state index >= 15 is 0 Å². The number of hydrogen-bond donors (Lipinski definition) is 0. The summed E-state index contributed by atoms with van der Waals surface area (Å²) < 4.78 is 0. The molecule has 3 nitrogen and oxygen atoms in total. The SMILES string of the molecule is Cc1nc(C(=O)c2ccc3ccccc3c2)c2ccccc2n1. The highest BCUT2D eigenvalue weighted by molar-refractivity contribution is 6.15. The van der Waals surface area contributed by atoms with Gasteiger partial charge in [0, 0.05) is 10.9 Å². The zero-order valence-corrected chi connectivity index (χ0v) is 12.7. The molecule has 0 aliphatic carbocycles. The Labute approximate surface area is 133 Å². The Morgan fingerprint density at radius 2 is 1.57 bits per heavy atom. The molecule has 0 aliphatic heterocycles. The van der Waals surface area contributed by atoms with Crippen LogP contribution in [-0.4, -0.2) is 15.8 Å². The molecule has 0 N–H and O–H groups in total. The fraction of sp³-hybridized carbons (Fsp3) is 0.0500. The van der Waals surface area contributed by atoms with Gasteiger partial charge in [0.1, 0.15) is 11.5 Å². The first kappa shape index (κ1) is 13.6. The molecule has 0 spiro atoms. The topological polar surface area (TPSA) is 42.9 Å². The number of carbonyl (C=O) groups excluding carboxylic acids is 1. The van der Waals surface area contributed by atoms with Crippen molar-refractivity contribution in [3.05, 3.63) is 83.8 Å². The second-order valence-corrected chi connectivity index (χ2v) is 5.53. The summed E-state index contributed by atoms with van der Waals surface area (Å²) >= 11 is 0. The normalized spacial score (nSPS) is 11.0. The predicted octanol–water partition coefficient (Wildman–Crippen LogP) is 4.32. The molecule has 110 valence electrons. The molecule has 0 amide bonds. The van der Waals surface area contributed by atoms with Gasteiger partial charge >= 0.3 is 0 Å². The number of hydrogen-bond acceptors (Lipinski definition) is 3. The largest absolute Gasteiger partial charge is 0.287 e. The maximum atomic E-state index is 13.0. The number of benzene rings is 3. The number of aromatic nitrogens is 2. The summed E-state index contributed by atoms with van der Waals surface area (Å²) in [5.41, 5.74) is 1.90. The zero-order valence-electron chi connectivity index (χ0n) is 12.7. The first-order chi connectivity index (χ1) is 11.2. The second-order valence-electron chi connectivity index (χ2n) is 5.53. The van der Waals surface area contributed by atoms with E-state index in [1.54, 1.807) is 0 Å². The number of aryl methyl sites for hydroxylation is 1. The molecule has 23 heavy (non-hydrogen) atoms. The summed E-state index contributed by atoms with van der Waals surface area (Å²) in [6, 6.07) is 21.4. The lowest BCUT2D eigenvalue weighted by Crippen LogP contribution is -2.07. The van der Waals surface area contributed by atoms with Crippen molar-refractivity contribution in [1.29, 1.82) is 0 Å². The molecule has 0 unspecified atom stereocenters. The van der Waals surface area contributed by atoms with E-state index in [2.05, 4.69) is 9.97 Å². The summed E-state index contributed by atoms with van der Waals surface area (Å²) in [6.07, 6.45) is 0. The molecule has 3 heteroatoms. The third kappa shape index (κ3) is 2.36. The molecular formula is C20H14N2O. The van der Waals surface area contributed by atoms with Crippen LogP contribution in [0.1, 0.15) is 21.9 Å². The molecule has 0 fully saturated rings. The van der Waals surface area contributed by atoms with Gasteiger partial charge in [-0.1, -0.05) is 54.6 Å². The molecule has 0 saturated carbocycles. The Kier molecular flexibility index (Phi) is 3.12. The van der Waals surface area contributed by atoms with E-state index in [1.807, 2.05) is 73.7 Å². The van der Waals surface area contributed by atoms with Crippen molar-refractivity contribution in [2.45, 2.75) is 6.92 Å². The van der Waals surface area contributed by atoms with Gasteiger partial charge in [0.15, 0.2) is 0 Å². The highest BCUT2D eigenvalue weighted by atomic mass is 16.1. The van der Waals surface area contributed by atoms with Crippen LogP contribution in [0.15, 0.2) is 66.7 Å². The van der Waals surface area contributed by atoms with E-state index in [4.69, 9.17) is 0 Å². The number of rotatable bonds is 2. The summed E-state index contributed by atoms with van der Waals surface area (Å²) in [6.45, 7) is 1.81. The van der Waals surface area contributed by atoms with Crippen LogP contribution in [0.25, 0.3) is 21.7 Å². The Balaban J connectivity index is 1.91. The molecule has 0 saturated heterocycles. The average molecular weight is 298 g/mol. The van der Waals surface area contributed by atoms with Crippen molar-refractivity contribution in [2.24, 2.45) is 0 Å². The lowest BCUT2D eigenvalue weighted by atomic mass is 10.0. The molecule has 4 aromatic rings. The van der Waals surface area contributed by atoms with Gasteiger partial charge in [0.2, 0.25) is 5.78 Å². The van der Waals surface area contributed by atoms with Crippen LogP contribution in [0.4, 0.5) is 0 Å². The van der Waals surface area contributed by atoms with Crippen molar-refractivity contribution in [3.8, 4) is 0 Å². The maximum Gasteiger partial charge on any atom is 0.212 e. The van der Waals surface area contributed by atoms with E-state index in [-0.39, 0.29) is 5.78 Å². The van der Waals surface area contributed by atoms with Gasteiger partial charge < -0.3 is 0 Å². The van der Waals surface area contributed by atoms with Crippen LogP contribution >= 0.6 is 0 Å². The van der Waals surface area contributed by atoms with Gasteiger partial charge in [-0.2, -0.15) is 0 Å². The first-order valence-electron chi connectivity index (χ1n) is 7.49. The number of nitrogens with zero attached hydrogens (tertiary/aromatic N) is 2. The van der Waals surface area contributed by atoms with Crippen LogP contribution in [0.5, 0.6) is 0 Å². The van der Waals surface area contributed by atoms with Gasteiger partial charge in [0.25, 0.3) is 0 Å². The minimum atomic E-state index is -0.0718. The molecular weight excluding hydrogens is 284 g/mol. The molecule has 1 aromatic heterocycles. The number of carbonyl (C=O) groups is 1. The standard InChI is InChI=1S/C20H14N2O/c1-13-21-18-9-5-4-8-17(18)19(22-13)20(23)16-11-10-14-6-2-3-7-15(14)12-16/h2-12H,1H3. The highest BCUT2D eigenvalue weighted by Gasteiger charge is 2.16. The Morgan fingerprint density at radius 1 is 0.826 bits per heavy atom. The highest BCUT2D eigenvalue weighted by Crippen LogP contribution is 2.21. The van der Waals surface area contributed by atoms with Crippen molar-refractivity contribution in [3.63, 3.8) is 0 Å². The molecule has 0 radical (unpaired) electrons. The van der Waals surface area contributed by atoms with Gasteiger partial charge in [-0.25, -0.2) is 9.97 Å². The number of para-hydroxylation sites is 1. The van der Waals surface area contributed by atoms with E-state index < -0.39 is 0 Å². The van der Waals surface area contributed by atoms with Crippen molar-refractivity contribution in [2.75, 3.05) is 0 Å². The second kappa shape index (κ2) is 5.29. The van der Waals surface area contributed by atoms with Crippen LogP contribution in [0, 0.1) is 6.92 Å². The van der Waals surface area contributed by atoms with Crippen LogP contribution < -0.4 is 0 Å². The summed E-state index contributed by atoms with van der Waals surface area (Å²) in [7, 11) is 0. The molecule has 4 rings (SSSR count). The van der Waals surface area contributed by atoms with Crippen LogP contribution in [0.2, 0.25) is 0 Å². The Bertz CT molecular complexity index is 1050. The molecule has 1 heterocycles. The summed E-state index contributed by atoms with van der Waals surface area (Å²) in [4.78, 5) is 21.8. The molecule has 3 aromatic carbocycles.